The van der Waals surface area contributed by atoms with Crippen molar-refractivity contribution >= 4 is 23.5 Å². The molecule has 1 N–H and O–H groups in total. The minimum absolute atomic E-state index is 0.0298. The average Bonchev–Trinajstić information content (AvgIpc) is 3.60. The van der Waals surface area contributed by atoms with Crippen molar-refractivity contribution in [1.82, 2.24) is 14.7 Å². The van der Waals surface area contributed by atoms with Gasteiger partial charge in [-0.2, -0.15) is 0 Å². The summed E-state index contributed by atoms with van der Waals surface area (Å²) >= 11 is 0. The van der Waals surface area contributed by atoms with E-state index in [1.165, 1.54) is 24.3 Å². The summed E-state index contributed by atoms with van der Waals surface area (Å²) in [5.41, 5.74) is 0.544. The van der Waals surface area contributed by atoms with Gasteiger partial charge in [-0.05, 0) is 49.9 Å². The van der Waals surface area contributed by atoms with E-state index in [4.69, 9.17) is 0 Å². The van der Waals surface area contributed by atoms with Crippen LogP contribution in [0, 0.1) is 17.7 Å². The lowest BCUT2D eigenvalue weighted by Gasteiger charge is -2.38. The number of piperazine rings is 1. The second-order valence-electron chi connectivity index (χ2n) is 8.12. The van der Waals surface area contributed by atoms with Gasteiger partial charge < -0.3 is 20.0 Å². The Balaban J connectivity index is 1.22. The van der Waals surface area contributed by atoms with Crippen molar-refractivity contribution in [3.05, 3.63) is 30.1 Å². The Morgan fingerprint density at radius 2 is 1.21 bits per heavy atom. The highest BCUT2D eigenvalue weighted by atomic mass is 19.1. The summed E-state index contributed by atoms with van der Waals surface area (Å²) in [5.74, 6) is 0.255. The second kappa shape index (κ2) is 8.39. The summed E-state index contributed by atoms with van der Waals surface area (Å²) in [6.07, 6.45) is 3.47. The van der Waals surface area contributed by atoms with Crippen molar-refractivity contribution in [1.29, 1.82) is 0 Å². The lowest BCUT2D eigenvalue weighted by Crippen LogP contribution is -2.54. The highest BCUT2D eigenvalue weighted by Gasteiger charge is 2.37. The number of urea groups is 1. The van der Waals surface area contributed by atoms with E-state index in [2.05, 4.69) is 5.32 Å². The minimum atomic E-state index is -0.349. The van der Waals surface area contributed by atoms with Crippen LogP contribution in [0.3, 0.4) is 0 Å². The predicted octanol–water partition coefficient (Wildman–Crippen LogP) is 2.15. The van der Waals surface area contributed by atoms with E-state index < -0.39 is 0 Å². The molecule has 0 spiro atoms. The molecule has 156 valence electrons. The molecular weight excluding hydrogens is 375 g/mol. The molecule has 0 unspecified atom stereocenters. The van der Waals surface area contributed by atoms with Crippen LogP contribution in [-0.2, 0) is 9.59 Å². The number of likely N-dealkylation sites (tertiary alicyclic amines) is 1. The fraction of sp³-hybridized carbons (Fsp3) is 0.571. The molecule has 1 aliphatic carbocycles. The van der Waals surface area contributed by atoms with Gasteiger partial charge in [-0.3, -0.25) is 9.59 Å². The molecule has 7 nitrogen and oxygen atoms in total. The van der Waals surface area contributed by atoms with E-state index >= 15 is 0 Å². The van der Waals surface area contributed by atoms with Crippen molar-refractivity contribution in [2.45, 2.75) is 25.7 Å². The number of rotatable bonds is 3. The smallest absolute Gasteiger partial charge is 0.321 e. The first kappa shape index (κ1) is 19.7. The van der Waals surface area contributed by atoms with E-state index in [9.17, 15) is 18.8 Å². The molecule has 0 atom stereocenters. The first-order valence-corrected chi connectivity index (χ1v) is 10.4. The van der Waals surface area contributed by atoms with Crippen LogP contribution < -0.4 is 5.32 Å². The number of halogens is 1. The van der Waals surface area contributed by atoms with Gasteiger partial charge in [-0.25, -0.2) is 9.18 Å². The minimum Gasteiger partial charge on any atom is -0.342 e. The van der Waals surface area contributed by atoms with Crippen LogP contribution in [0.5, 0.6) is 0 Å². The normalized spacial score (nSPS) is 20.5. The van der Waals surface area contributed by atoms with Gasteiger partial charge in [0.15, 0.2) is 0 Å². The van der Waals surface area contributed by atoms with Crippen LogP contribution in [0.2, 0.25) is 0 Å². The van der Waals surface area contributed by atoms with Crippen LogP contribution in [0.4, 0.5) is 14.9 Å². The molecule has 2 saturated heterocycles. The molecule has 1 saturated carbocycles. The zero-order valence-electron chi connectivity index (χ0n) is 16.5. The van der Waals surface area contributed by atoms with E-state index in [1.54, 1.807) is 4.90 Å². The molecule has 8 heteroatoms. The van der Waals surface area contributed by atoms with Gasteiger partial charge in [0, 0.05) is 56.8 Å². The number of carbonyl (C=O) groups excluding carboxylic acids is 3. The molecule has 3 fully saturated rings. The molecule has 1 aromatic carbocycles. The Hall–Kier alpha value is -2.64. The monoisotopic (exact) mass is 402 g/mol. The third kappa shape index (κ3) is 4.68. The van der Waals surface area contributed by atoms with Crippen molar-refractivity contribution in [3.63, 3.8) is 0 Å². The van der Waals surface area contributed by atoms with Gasteiger partial charge >= 0.3 is 6.03 Å². The van der Waals surface area contributed by atoms with Crippen LogP contribution in [0.25, 0.3) is 0 Å². The van der Waals surface area contributed by atoms with Gasteiger partial charge in [0.1, 0.15) is 5.82 Å². The molecule has 2 heterocycles. The number of benzene rings is 1. The van der Waals surface area contributed by atoms with Crippen LogP contribution in [0.1, 0.15) is 25.7 Å². The third-order valence-corrected chi connectivity index (χ3v) is 6.06. The second-order valence-corrected chi connectivity index (χ2v) is 8.12. The molecule has 1 aromatic rings. The third-order valence-electron chi connectivity index (χ3n) is 6.06. The summed E-state index contributed by atoms with van der Waals surface area (Å²) in [7, 11) is 0. The number of hydrogen-bond donors (Lipinski definition) is 1. The molecule has 0 bridgehead atoms. The number of piperidine rings is 1. The lowest BCUT2D eigenvalue weighted by molar-refractivity contribution is -0.142. The first-order chi connectivity index (χ1) is 14.0. The van der Waals surface area contributed by atoms with Gasteiger partial charge in [-0.1, -0.05) is 0 Å². The average molecular weight is 402 g/mol. The number of nitrogens with one attached hydrogen (secondary N) is 1. The van der Waals surface area contributed by atoms with Crippen LogP contribution in [-0.4, -0.2) is 71.8 Å². The highest BCUT2D eigenvalue weighted by molar-refractivity contribution is 5.89. The van der Waals surface area contributed by atoms with E-state index in [0.717, 1.165) is 25.7 Å². The maximum atomic E-state index is 13.0. The molecule has 2 aliphatic heterocycles. The predicted molar refractivity (Wildman–Crippen MR) is 106 cm³/mol. The number of hydrogen-bond acceptors (Lipinski definition) is 3. The largest absolute Gasteiger partial charge is 0.342 e. The standard InChI is InChI=1S/C21H27FN4O3/c22-17-3-5-18(6-4-17)23-21(29)26-13-11-25(12-14-26)20(28)16-7-9-24(10-8-16)19(27)15-1-2-15/h3-6,15-16H,1-2,7-14H2,(H,23,29). The summed E-state index contributed by atoms with van der Waals surface area (Å²) in [4.78, 5) is 42.8. The quantitative estimate of drug-likeness (QED) is 0.842. The number of anilines is 1. The molecular formula is C21H27FN4O3. The molecule has 29 heavy (non-hydrogen) atoms. The summed E-state index contributed by atoms with van der Waals surface area (Å²) in [5, 5.41) is 2.76. The van der Waals surface area contributed by atoms with Gasteiger partial charge in [0.2, 0.25) is 11.8 Å². The Morgan fingerprint density at radius 3 is 1.76 bits per heavy atom. The van der Waals surface area contributed by atoms with Crippen LogP contribution in [0.15, 0.2) is 24.3 Å². The maximum Gasteiger partial charge on any atom is 0.321 e. The summed E-state index contributed by atoms with van der Waals surface area (Å²) < 4.78 is 13.0. The van der Waals surface area contributed by atoms with E-state index in [-0.39, 0.29) is 35.5 Å². The fourth-order valence-corrected chi connectivity index (χ4v) is 4.06. The van der Waals surface area contributed by atoms with Gasteiger partial charge in [0.25, 0.3) is 0 Å². The lowest BCUT2D eigenvalue weighted by atomic mass is 9.94. The zero-order valence-corrected chi connectivity index (χ0v) is 16.5. The Kier molecular flexibility index (Phi) is 5.69. The fourth-order valence-electron chi connectivity index (χ4n) is 4.06. The number of nitrogens with zero attached hydrogens (tertiary/aromatic N) is 3. The molecule has 3 aliphatic rings. The zero-order chi connectivity index (χ0) is 20.4. The van der Waals surface area contributed by atoms with Crippen molar-refractivity contribution in [2.24, 2.45) is 11.8 Å². The SMILES string of the molecule is O=C(Nc1ccc(F)cc1)N1CCN(C(=O)C2CCN(C(=O)C3CC3)CC2)CC1. The van der Waals surface area contributed by atoms with Crippen LogP contribution >= 0.6 is 0 Å². The number of amides is 4. The molecule has 0 radical (unpaired) electrons. The van der Waals surface area contributed by atoms with E-state index in [1.807, 2.05) is 9.80 Å². The molecule has 0 aromatic heterocycles. The summed E-state index contributed by atoms with van der Waals surface area (Å²) in [6.45, 7) is 3.31. The Labute approximate surface area is 169 Å². The Morgan fingerprint density at radius 1 is 0.724 bits per heavy atom. The maximum absolute atomic E-state index is 13.0. The highest BCUT2D eigenvalue weighted by Crippen LogP contribution is 2.32. The van der Waals surface area contributed by atoms with Crippen molar-refractivity contribution < 1.29 is 18.8 Å². The van der Waals surface area contributed by atoms with Gasteiger partial charge in [-0.15, -0.1) is 0 Å². The summed E-state index contributed by atoms with van der Waals surface area (Å²) in [6, 6.07) is 5.40. The molecule has 4 amide bonds. The first-order valence-electron chi connectivity index (χ1n) is 10.4. The van der Waals surface area contributed by atoms with Gasteiger partial charge in [0.05, 0.1) is 0 Å². The van der Waals surface area contributed by atoms with Crippen molar-refractivity contribution in [2.75, 3.05) is 44.6 Å². The topological polar surface area (TPSA) is 73.0 Å². The van der Waals surface area contributed by atoms with E-state index in [0.29, 0.717) is 45.0 Å². The molecule has 4 rings (SSSR count). The number of carbonyl (C=O) groups is 3. The van der Waals surface area contributed by atoms with Crippen molar-refractivity contribution in [3.8, 4) is 0 Å². The Bertz CT molecular complexity index is 765.